The van der Waals surface area contributed by atoms with Crippen LogP contribution >= 0.6 is 23.3 Å². The van der Waals surface area contributed by atoms with Gasteiger partial charge in [0.1, 0.15) is 23.8 Å². The fraction of sp³-hybridized carbons (Fsp3) is 0.500. The molecule has 2 aromatic heterocycles. The molecule has 0 unspecified atom stereocenters. The van der Waals surface area contributed by atoms with Crippen LogP contribution in [0, 0.1) is 0 Å². The SMILES string of the molecule is CCCNc1cc(Sc2ncns2)nc(COCC)n1. The molecule has 0 bridgehead atoms. The van der Waals surface area contributed by atoms with Crippen molar-refractivity contribution in [3.63, 3.8) is 0 Å². The number of rotatable bonds is 8. The van der Waals surface area contributed by atoms with Crippen LogP contribution in [-0.2, 0) is 11.3 Å². The van der Waals surface area contributed by atoms with E-state index in [1.165, 1.54) is 23.3 Å². The second kappa shape index (κ2) is 8.13. The van der Waals surface area contributed by atoms with Gasteiger partial charge < -0.3 is 10.1 Å². The third kappa shape index (κ3) is 4.69. The normalized spacial score (nSPS) is 10.7. The first-order chi connectivity index (χ1) is 9.81. The zero-order chi connectivity index (χ0) is 14.2. The van der Waals surface area contributed by atoms with E-state index in [4.69, 9.17) is 4.74 Å². The third-order valence-corrected chi connectivity index (χ3v) is 3.91. The monoisotopic (exact) mass is 311 g/mol. The van der Waals surface area contributed by atoms with Gasteiger partial charge in [-0.15, -0.1) is 0 Å². The van der Waals surface area contributed by atoms with Crippen molar-refractivity contribution in [1.82, 2.24) is 19.3 Å². The molecule has 0 spiro atoms. The molecule has 108 valence electrons. The average Bonchev–Trinajstić information content (AvgIpc) is 2.95. The summed E-state index contributed by atoms with van der Waals surface area (Å²) < 4.78 is 10.2. The topological polar surface area (TPSA) is 72.8 Å². The average molecular weight is 311 g/mol. The standard InChI is InChI=1S/C12H17N5OS2/c1-3-5-13-9-6-11(19-12-14-8-15-20-12)17-10(16-9)7-18-4-2/h6,8H,3-5,7H2,1-2H3,(H,13,16,17). The molecule has 0 amide bonds. The number of aromatic nitrogens is 4. The highest BCUT2D eigenvalue weighted by Gasteiger charge is 2.08. The van der Waals surface area contributed by atoms with Gasteiger partial charge in [0.2, 0.25) is 0 Å². The molecule has 6 nitrogen and oxygen atoms in total. The number of anilines is 1. The molecular weight excluding hydrogens is 294 g/mol. The van der Waals surface area contributed by atoms with Crippen molar-refractivity contribution in [2.75, 3.05) is 18.5 Å². The van der Waals surface area contributed by atoms with Gasteiger partial charge in [-0.1, -0.05) is 6.92 Å². The van der Waals surface area contributed by atoms with Gasteiger partial charge in [0.15, 0.2) is 10.2 Å². The fourth-order valence-electron chi connectivity index (χ4n) is 1.42. The van der Waals surface area contributed by atoms with Crippen molar-refractivity contribution in [2.24, 2.45) is 0 Å². The van der Waals surface area contributed by atoms with E-state index in [0.717, 1.165) is 28.1 Å². The van der Waals surface area contributed by atoms with Crippen LogP contribution in [0.4, 0.5) is 5.82 Å². The molecule has 8 heteroatoms. The van der Waals surface area contributed by atoms with Gasteiger partial charge in [-0.2, -0.15) is 4.37 Å². The van der Waals surface area contributed by atoms with Crippen LogP contribution in [0.3, 0.4) is 0 Å². The maximum Gasteiger partial charge on any atom is 0.175 e. The molecule has 1 N–H and O–H groups in total. The molecular formula is C12H17N5OS2. The highest BCUT2D eigenvalue weighted by Crippen LogP contribution is 2.27. The molecule has 0 saturated heterocycles. The Balaban J connectivity index is 2.15. The third-order valence-electron chi connectivity index (χ3n) is 2.27. The predicted octanol–water partition coefficient (Wildman–Crippen LogP) is 2.84. The first kappa shape index (κ1) is 15.1. The summed E-state index contributed by atoms with van der Waals surface area (Å²) in [5.41, 5.74) is 0. The molecule has 2 rings (SSSR count). The molecule has 2 heterocycles. The minimum Gasteiger partial charge on any atom is -0.374 e. The molecule has 0 saturated carbocycles. The zero-order valence-electron chi connectivity index (χ0n) is 11.5. The molecule has 0 aliphatic heterocycles. The minimum atomic E-state index is 0.418. The van der Waals surface area contributed by atoms with Crippen LogP contribution < -0.4 is 5.32 Å². The maximum absolute atomic E-state index is 5.38. The van der Waals surface area contributed by atoms with E-state index < -0.39 is 0 Å². The van der Waals surface area contributed by atoms with Crippen molar-refractivity contribution in [3.8, 4) is 0 Å². The van der Waals surface area contributed by atoms with Crippen molar-refractivity contribution < 1.29 is 4.74 Å². The Morgan fingerprint density at radius 3 is 2.95 bits per heavy atom. The lowest BCUT2D eigenvalue weighted by atomic mass is 10.4. The number of ether oxygens (including phenoxy) is 1. The highest BCUT2D eigenvalue weighted by molar-refractivity contribution is 8.00. The van der Waals surface area contributed by atoms with Gasteiger partial charge in [0, 0.05) is 19.2 Å². The van der Waals surface area contributed by atoms with E-state index in [9.17, 15) is 0 Å². The van der Waals surface area contributed by atoms with E-state index in [0.29, 0.717) is 19.0 Å². The fourth-order valence-corrected chi connectivity index (χ4v) is 2.84. The van der Waals surface area contributed by atoms with E-state index in [1.54, 1.807) is 6.33 Å². The molecule has 0 fully saturated rings. The molecule has 0 aliphatic carbocycles. The van der Waals surface area contributed by atoms with Crippen molar-refractivity contribution in [1.29, 1.82) is 0 Å². The lowest BCUT2D eigenvalue weighted by Gasteiger charge is -2.08. The summed E-state index contributed by atoms with van der Waals surface area (Å²) in [7, 11) is 0. The van der Waals surface area contributed by atoms with E-state index >= 15 is 0 Å². The van der Waals surface area contributed by atoms with Crippen molar-refractivity contribution in [2.45, 2.75) is 36.2 Å². The van der Waals surface area contributed by atoms with Gasteiger partial charge in [0.05, 0.1) is 0 Å². The Morgan fingerprint density at radius 1 is 1.35 bits per heavy atom. The van der Waals surface area contributed by atoms with E-state index in [1.807, 2.05) is 13.0 Å². The summed E-state index contributed by atoms with van der Waals surface area (Å²) >= 11 is 2.84. The van der Waals surface area contributed by atoms with Gasteiger partial charge in [0.25, 0.3) is 0 Å². The summed E-state index contributed by atoms with van der Waals surface area (Å²) in [5.74, 6) is 1.50. The van der Waals surface area contributed by atoms with Gasteiger partial charge >= 0.3 is 0 Å². The number of nitrogens with zero attached hydrogens (tertiary/aromatic N) is 4. The number of nitrogens with one attached hydrogen (secondary N) is 1. The van der Waals surface area contributed by atoms with Gasteiger partial charge in [-0.25, -0.2) is 15.0 Å². The first-order valence-corrected chi connectivity index (χ1v) is 8.05. The summed E-state index contributed by atoms with van der Waals surface area (Å²) in [6, 6.07) is 1.93. The molecule has 2 aromatic rings. The second-order valence-corrected chi connectivity index (χ2v) is 5.93. The Labute approximate surface area is 126 Å². The van der Waals surface area contributed by atoms with Crippen LogP contribution in [-0.4, -0.2) is 32.5 Å². The number of hydrogen-bond donors (Lipinski definition) is 1. The van der Waals surface area contributed by atoms with Crippen LogP contribution in [0.25, 0.3) is 0 Å². The quantitative estimate of drug-likeness (QED) is 0.751. The molecule has 0 radical (unpaired) electrons. The second-order valence-electron chi connectivity index (χ2n) is 3.88. The molecule has 0 aliphatic rings. The Kier molecular flexibility index (Phi) is 6.16. The van der Waals surface area contributed by atoms with Crippen molar-refractivity contribution >= 4 is 29.1 Å². The van der Waals surface area contributed by atoms with Gasteiger partial charge in [-0.05, 0) is 36.6 Å². The molecule has 0 aromatic carbocycles. The summed E-state index contributed by atoms with van der Waals surface area (Å²) in [6.45, 7) is 6.02. The largest absolute Gasteiger partial charge is 0.374 e. The molecule has 20 heavy (non-hydrogen) atoms. The van der Waals surface area contributed by atoms with Crippen LogP contribution in [0.1, 0.15) is 26.1 Å². The molecule has 0 atom stereocenters. The summed E-state index contributed by atoms with van der Waals surface area (Å²) in [6.07, 6.45) is 2.59. The Bertz CT molecular complexity index is 494. The van der Waals surface area contributed by atoms with Crippen LogP contribution in [0.2, 0.25) is 0 Å². The van der Waals surface area contributed by atoms with Gasteiger partial charge in [-0.3, -0.25) is 0 Å². The maximum atomic E-state index is 5.38. The Morgan fingerprint density at radius 2 is 2.25 bits per heavy atom. The first-order valence-electron chi connectivity index (χ1n) is 6.46. The lowest BCUT2D eigenvalue weighted by Crippen LogP contribution is -2.07. The number of hydrogen-bond acceptors (Lipinski definition) is 8. The zero-order valence-corrected chi connectivity index (χ0v) is 13.1. The summed E-state index contributed by atoms with van der Waals surface area (Å²) in [5, 5.41) is 4.13. The van der Waals surface area contributed by atoms with Crippen LogP contribution in [0.5, 0.6) is 0 Å². The predicted molar refractivity (Wildman–Crippen MR) is 80.2 cm³/mol. The van der Waals surface area contributed by atoms with Crippen molar-refractivity contribution in [3.05, 3.63) is 18.2 Å². The smallest absolute Gasteiger partial charge is 0.175 e. The van der Waals surface area contributed by atoms with E-state index in [2.05, 4.69) is 31.6 Å². The van der Waals surface area contributed by atoms with E-state index in [-0.39, 0.29) is 0 Å². The highest BCUT2D eigenvalue weighted by atomic mass is 32.2. The summed E-state index contributed by atoms with van der Waals surface area (Å²) in [4.78, 5) is 13.1. The Hall–Kier alpha value is -1.25. The van der Waals surface area contributed by atoms with Crippen LogP contribution in [0.15, 0.2) is 21.8 Å². The lowest BCUT2D eigenvalue weighted by molar-refractivity contribution is 0.128. The minimum absolute atomic E-state index is 0.418.